The molecule has 7 rings (SSSR count). The van der Waals surface area contributed by atoms with Crippen molar-refractivity contribution in [3.63, 3.8) is 0 Å². The van der Waals surface area contributed by atoms with Gasteiger partial charge in [-0.15, -0.1) is 0 Å². The first-order valence-corrected chi connectivity index (χ1v) is 26.8. The molecule has 2 atom stereocenters. The fourth-order valence-corrected chi connectivity index (χ4v) is 8.98. The number of hydrogen-bond donors (Lipinski definition) is 6. The third-order valence-corrected chi connectivity index (χ3v) is 12.9. The number of benzene rings is 1. The third-order valence-electron chi connectivity index (χ3n) is 12.9. The monoisotopic (exact) mass is 1070 g/mol. The van der Waals surface area contributed by atoms with Gasteiger partial charge in [-0.25, -0.2) is 9.97 Å². The van der Waals surface area contributed by atoms with Gasteiger partial charge < -0.3 is 56.4 Å². The molecule has 0 bridgehead atoms. The van der Waals surface area contributed by atoms with Gasteiger partial charge in [-0.1, -0.05) is 19.4 Å². The van der Waals surface area contributed by atoms with Gasteiger partial charge >= 0.3 is 6.18 Å². The van der Waals surface area contributed by atoms with Crippen molar-refractivity contribution >= 4 is 53.4 Å². The second kappa shape index (κ2) is 37.2. The average Bonchev–Trinajstić information content (AvgIpc) is 3.96. The second-order valence-electron chi connectivity index (χ2n) is 20.2. The van der Waals surface area contributed by atoms with Crippen molar-refractivity contribution in [1.29, 1.82) is 0 Å². The van der Waals surface area contributed by atoms with E-state index in [1.54, 1.807) is 24.3 Å². The molecule has 2 aliphatic heterocycles. The molecule has 4 heterocycles. The number of carbonyl (C=O) groups is 6. The van der Waals surface area contributed by atoms with Crippen LogP contribution in [0.3, 0.4) is 0 Å². The zero-order valence-electron chi connectivity index (χ0n) is 46.0. The van der Waals surface area contributed by atoms with Gasteiger partial charge in [0.25, 0.3) is 0 Å². The highest BCUT2D eigenvalue weighted by atomic mass is 19.4. The van der Waals surface area contributed by atoms with E-state index in [9.17, 15) is 41.9 Å². The normalized spacial score (nSPS) is 21.0. The predicted molar refractivity (Wildman–Crippen MR) is 291 cm³/mol. The number of nitrogens with one attached hydrogen (secondary N) is 5. The highest BCUT2D eigenvalue weighted by Gasteiger charge is 2.38. The van der Waals surface area contributed by atoms with Crippen molar-refractivity contribution < 1.29 is 46.7 Å². The zero-order valence-corrected chi connectivity index (χ0v) is 46.0. The molecular weight excluding hydrogens is 984 g/mol. The number of rotatable bonds is 19. The fourth-order valence-electron chi connectivity index (χ4n) is 8.98. The molecule has 4 fully saturated rings. The summed E-state index contributed by atoms with van der Waals surface area (Å²) >= 11 is 0. The number of carbonyl (C=O) groups excluding carboxylic acids is 6. The molecule has 76 heavy (non-hydrogen) atoms. The van der Waals surface area contributed by atoms with E-state index in [2.05, 4.69) is 75.0 Å². The number of halogens is 3. The standard InChI is InChI=1S/C23H30F3N5O.C12H21NO2.C8H18N2O2.C6H9NO2.C5H5N.CH5N/c1-22(2,3)30-15-5-7-16(8-6-15)31-11-10-19(21(31)32)29-20-17-12-14(23(24,25)26)4-9-18(17)27-13-28-20;1-2-3-4-12(15)13-11-7-5-10(9-14)6-8-11;1-9-4-2-6-12-7-3-5-10-8-11;1-7-3-5(4-8)2-6(7)9;1-2-4-6-5-3-1;1-2/h4,9,12-13,15-16,19,30H,5-8,10-11H2,1-3H3,(H,27,28,29);9-11H,2-8H2,1H3,(H,13,15);8-9H,2-7H2,1H3,(H,10,11);4-5H,2-3H2,1H3;1-5H;2H2,1H3. The summed E-state index contributed by atoms with van der Waals surface area (Å²) in [6.07, 6.45) is 16.3. The summed E-state index contributed by atoms with van der Waals surface area (Å²) in [5, 5.41) is 15.7. The molecule has 1 aromatic carbocycles. The highest BCUT2D eigenvalue weighted by Crippen LogP contribution is 2.34. The van der Waals surface area contributed by atoms with Crippen molar-refractivity contribution in [1.82, 2.24) is 46.0 Å². The predicted octanol–water partition coefficient (Wildman–Crippen LogP) is 6.48. The Hall–Kier alpha value is -5.64. The minimum Gasteiger partial charge on any atom is -0.381 e. The number of anilines is 1. The lowest BCUT2D eigenvalue weighted by Gasteiger charge is -2.37. The highest BCUT2D eigenvalue weighted by molar-refractivity contribution is 5.93. The van der Waals surface area contributed by atoms with E-state index in [0.29, 0.717) is 62.9 Å². The Bertz CT molecular complexity index is 2080. The van der Waals surface area contributed by atoms with Crippen molar-refractivity contribution in [3.05, 3.63) is 60.7 Å². The molecule has 18 nitrogen and oxygen atoms in total. The van der Waals surface area contributed by atoms with Gasteiger partial charge in [0.05, 0.1) is 11.1 Å². The maximum atomic E-state index is 13.2. The molecular formula is C55H88F3N11O7. The smallest absolute Gasteiger partial charge is 0.381 e. The van der Waals surface area contributed by atoms with Gasteiger partial charge in [-0.2, -0.15) is 13.2 Å². The molecule has 2 unspecified atom stereocenters. The maximum absolute atomic E-state index is 13.2. The number of ether oxygens (including phenoxy) is 1. The van der Waals surface area contributed by atoms with Crippen LogP contribution in [0.15, 0.2) is 55.1 Å². The molecule has 0 spiro atoms. The van der Waals surface area contributed by atoms with Crippen LogP contribution >= 0.6 is 0 Å². The lowest BCUT2D eigenvalue weighted by molar-refractivity contribution is -0.137. The molecule has 3 aromatic rings. The van der Waals surface area contributed by atoms with E-state index in [0.717, 1.165) is 122 Å². The number of aromatic nitrogens is 3. The third kappa shape index (κ3) is 26.4. The average molecular weight is 1070 g/mol. The number of nitrogens with zero attached hydrogens (tertiary/aromatic N) is 5. The van der Waals surface area contributed by atoms with E-state index < -0.39 is 17.8 Å². The summed E-state index contributed by atoms with van der Waals surface area (Å²) in [6.45, 7) is 13.0. The largest absolute Gasteiger partial charge is 0.416 e. The minimum atomic E-state index is -4.46. The van der Waals surface area contributed by atoms with Crippen LogP contribution in [0.1, 0.15) is 130 Å². The molecule has 426 valence electrons. The summed E-state index contributed by atoms with van der Waals surface area (Å²) in [4.78, 5) is 81.2. The van der Waals surface area contributed by atoms with Crippen molar-refractivity contribution in [2.45, 2.75) is 160 Å². The van der Waals surface area contributed by atoms with E-state index in [4.69, 9.17) is 4.74 Å². The number of hydrogen-bond acceptors (Lipinski definition) is 14. The molecule has 4 amide bonds. The van der Waals surface area contributed by atoms with Crippen LogP contribution in [0.5, 0.6) is 0 Å². The molecule has 4 aliphatic rings. The molecule has 0 radical (unpaired) electrons. The summed E-state index contributed by atoms with van der Waals surface area (Å²) in [6, 6.07) is 9.59. The SMILES string of the molecule is CC(C)(C)NC1CCC(N2CCC(Nc3ncnc4ccc(C(F)(F)F)cc34)C2=O)CC1.CCCCC(=O)NC1CCC(C=O)CC1.CN.CN1CC(C=O)CC1=O.CNCCCOCCCNC=O.c1ccncc1. The van der Waals surface area contributed by atoms with Gasteiger partial charge in [-0.3, -0.25) is 24.2 Å². The number of fused-ring (bicyclic) bond motifs is 1. The number of nitrogens with two attached hydrogens (primary N) is 1. The Morgan fingerprint density at radius 2 is 1.49 bits per heavy atom. The maximum Gasteiger partial charge on any atom is 0.416 e. The van der Waals surface area contributed by atoms with Gasteiger partial charge in [0.2, 0.25) is 24.1 Å². The number of alkyl halides is 3. The molecule has 7 N–H and O–H groups in total. The van der Waals surface area contributed by atoms with E-state index in [1.807, 2.05) is 30.1 Å². The van der Waals surface area contributed by atoms with Gasteiger partial charge in [0, 0.05) is 106 Å². The topological polar surface area (TPSA) is 243 Å². The minimum absolute atomic E-state index is 0.00373. The van der Waals surface area contributed by atoms with E-state index in [1.165, 1.54) is 19.4 Å². The number of unbranched alkanes of at least 4 members (excludes halogenated alkanes) is 1. The van der Waals surface area contributed by atoms with Crippen LogP contribution in [-0.2, 0) is 39.7 Å². The van der Waals surface area contributed by atoms with Crippen molar-refractivity contribution in [3.8, 4) is 0 Å². The Balaban J connectivity index is 0.000000371. The summed E-state index contributed by atoms with van der Waals surface area (Å²) in [7, 11) is 5.14. The van der Waals surface area contributed by atoms with E-state index in [-0.39, 0.29) is 52.3 Å². The molecule has 2 saturated carbocycles. The Labute approximate surface area is 448 Å². The molecule has 2 aliphatic carbocycles. The van der Waals surface area contributed by atoms with E-state index >= 15 is 0 Å². The Morgan fingerprint density at radius 3 is 2.00 bits per heavy atom. The van der Waals surface area contributed by atoms with Crippen molar-refractivity contribution in [2.75, 3.05) is 65.9 Å². The quantitative estimate of drug-likeness (QED) is 0.0557. The first-order valence-electron chi connectivity index (χ1n) is 26.8. The summed E-state index contributed by atoms with van der Waals surface area (Å²) in [5.41, 5.74) is 4.22. The van der Waals surface area contributed by atoms with Crippen LogP contribution in [0, 0.1) is 11.8 Å². The summed E-state index contributed by atoms with van der Waals surface area (Å²) in [5.74, 6) is 0.685. The number of aldehydes is 2. The fraction of sp³-hybridized carbons (Fsp3) is 0.655. The molecule has 2 saturated heterocycles. The van der Waals surface area contributed by atoms with Crippen LogP contribution in [0.2, 0.25) is 0 Å². The number of likely N-dealkylation sites (tertiary alicyclic amines) is 2. The number of amides is 4. The van der Waals surface area contributed by atoms with Crippen molar-refractivity contribution in [2.24, 2.45) is 17.6 Å². The Kier molecular flexibility index (Phi) is 32.5. The molecule has 2 aromatic heterocycles. The van der Waals surface area contributed by atoms with Crippen LogP contribution in [0.25, 0.3) is 10.9 Å². The first kappa shape index (κ1) is 66.5. The van der Waals surface area contributed by atoms with Crippen LogP contribution in [0.4, 0.5) is 19.0 Å². The van der Waals surface area contributed by atoms with Crippen LogP contribution in [-0.4, -0.2) is 152 Å². The van der Waals surface area contributed by atoms with Crippen LogP contribution < -0.4 is 32.3 Å². The second-order valence-corrected chi connectivity index (χ2v) is 20.2. The first-order chi connectivity index (χ1) is 36.4. The van der Waals surface area contributed by atoms with Gasteiger partial charge in [-0.05, 0) is 149 Å². The Morgan fingerprint density at radius 1 is 0.842 bits per heavy atom. The van der Waals surface area contributed by atoms with Gasteiger partial charge in [0.15, 0.2) is 0 Å². The lowest BCUT2D eigenvalue weighted by atomic mass is 9.87. The molecule has 21 heteroatoms. The zero-order chi connectivity index (χ0) is 56.4. The number of pyridine rings is 1. The lowest BCUT2D eigenvalue weighted by Crippen LogP contribution is -2.49. The van der Waals surface area contributed by atoms with Gasteiger partial charge in [0.1, 0.15) is 30.8 Å². The summed E-state index contributed by atoms with van der Waals surface area (Å²) < 4.78 is 44.8.